The molecule has 0 saturated carbocycles. The van der Waals surface area contributed by atoms with Gasteiger partial charge in [0.1, 0.15) is 42.4 Å². The number of nitrogens with one attached hydrogen (secondary N) is 5. The first-order chi connectivity index (χ1) is 26.9. The van der Waals surface area contributed by atoms with Crippen LogP contribution in [0.2, 0.25) is 0 Å². The number of alkyl carbamates (subject to hydrolysis) is 1. The predicted molar refractivity (Wildman–Crippen MR) is 217 cm³/mol. The van der Waals surface area contributed by atoms with E-state index in [0.29, 0.717) is 6.42 Å². The Morgan fingerprint density at radius 2 is 1.05 bits per heavy atom. The average Bonchev–Trinajstić information content (AvgIpc) is 3.15. The van der Waals surface area contributed by atoms with Gasteiger partial charge in [-0.3, -0.25) is 19.2 Å². The Balaban J connectivity index is 1.76. The highest BCUT2D eigenvalue weighted by Gasteiger charge is 2.33. The van der Waals surface area contributed by atoms with E-state index in [-0.39, 0.29) is 25.4 Å². The van der Waals surface area contributed by atoms with Crippen LogP contribution in [0.4, 0.5) is 4.79 Å². The lowest BCUT2D eigenvalue weighted by molar-refractivity contribution is -0.150. The van der Waals surface area contributed by atoms with Gasteiger partial charge in [0.15, 0.2) is 0 Å². The summed E-state index contributed by atoms with van der Waals surface area (Å²) in [5, 5.41) is 13.8. The van der Waals surface area contributed by atoms with Crippen LogP contribution in [0.15, 0.2) is 91.0 Å². The number of hydrogen-bond donors (Lipinski definition) is 5. The minimum Gasteiger partial charge on any atom is -0.459 e. The number of amides is 5. The summed E-state index contributed by atoms with van der Waals surface area (Å²) in [6.45, 7) is 13.9. The minimum absolute atomic E-state index is 0.0327. The highest BCUT2D eigenvalue weighted by molar-refractivity contribution is 6.01. The molecule has 5 N–H and O–H groups in total. The van der Waals surface area contributed by atoms with E-state index in [9.17, 15) is 28.8 Å². The molecule has 0 aliphatic carbocycles. The van der Waals surface area contributed by atoms with Crippen LogP contribution in [0.25, 0.3) is 0 Å². The smallest absolute Gasteiger partial charge is 0.408 e. The Kier molecular flexibility index (Phi) is 17.7. The topological polar surface area (TPSA) is 181 Å². The molecule has 0 spiro atoms. The Hall–Kier alpha value is -5.72. The van der Waals surface area contributed by atoms with Crippen molar-refractivity contribution in [3.8, 4) is 0 Å². The normalized spacial score (nSPS) is 13.9. The summed E-state index contributed by atoms with van der Waals surface area (Å²) >= 11 is 0. The van der Waals surface area contributed by atoms with Gasteiger partial charge in [-0.2, -0.15) is 0 Å². The molecule has 0 aromatic heterocycles. The second-order valence-electron chi connectivity index (χ2n) is 15.9. The molecule has 0 heterocycles. The van der Waals surface area contributed by atoms with E-state index in [1.165, 1.54) is 6.92 Å². The van der Waals surface area contributed by atoms with Gasteiger partial charge in [-0.05, 0) is 62.6 Å². The van der Waals surface area contributed by atoms with E-state index >= 15 is 0 Å². The standard InChI is InChI=1S/C44H59N5O8/c1-28(2)24-35(42(54)56-27-33-22-16-11-17-23-33)45-38(50)30(5)39(51)47-36(26-32-20-14-10-15-21-32)48-41(53)37(29(3)4)49-40(52)34(25-31-18-12-9-13-19-31)46-43(55)57-44(6,7)8/h9-23,28-30,34-37H,24-27H2,1-8H3,(H,45,50)(H,46,55)(H,47,51)(H,48,53)(H,49,52)/t30?,34-,35-,36-,37-/m0/s1. The molecule has 5 atom stereocenters. The molecular weight excluding hydrogens is 727 g/mol. The van der Waals surface area contributed by atoms with Crippen molar-refractivity contribution in [2.75, 3.05) is 0 Å². The third-order valence-electron chi connectivity index (χ3n) is 8.77. The van der Waals surface area contributed by atoms with Crippen LogP contribution < -0.4 is 26.6 Å². The first kappa shape index (κ1) is 45.7. The van der Waals surface area contributed by atoms with Crippen LogP contribution in [0.5, 0.6) is 0 Å². The second kappa shape index (κ2) is 22.1. The maximum Gasteiger partial charge on any atom is 0.408 e. The maximum absolute atomic E-state index is 14.0. The van der Waals surface area contributed by atoms with Gasteiger partial charge in [0, 0.05) is 12.8 Å². The van der Waals surface area contributed by atoms with Crippen molar-refractivity contribution in [2.24, 2.45) is 17.8 Å². The van der Waals surface area contributed by atoms with E-state index in [1.807, 2.05) is 105 Å². The fraction of sp³-hybridized carbons (Fsp3) is 0.455. The lowest BCUT2D eigenvalue weighted by Crippen LogP contribution is -2.60. The molecular formula is C44H59N5O8. The lowest BCUT2D eigenvalue weighted by Gasteiger charge is -2.29. The molecule has 0 bridgehead atoms. The van der Waals surface area contributed by atoms with Gasteiger partial charge in [0.25, 0.3) is 0 Å². The van der Waals surface area contributed by atoms with E-state index < -0.39 is 77.4 Å². The lowest BCUT2D eigenvalue weighted by atomic mass is 10.0. The van der Waals surface area contributed by atoms with Crippen molar-refractivity contribution in [3.63, 3.8) is 0 Å². The number of benzene rings is 3. The van der Waals surface area contributed by atoms with Gasteiger partial charge in [-0.1, -0.05) is 119 Å². The molecule has 3 aromatic carbocycles. The number of hydrogen-bond acceptors (Lipinski definition) is 8. The largest absolute Gasteiger partial charge is 0.459 e. The van der Waals surface area contributed by atoms with Crippen molar-refractivity contribution in [1.29, 1.82) is 0 Å². The van der Waals surface area contributed by atoms with Crippen molar-refractivity contribution in [1.82, 2.24) is 26.6 Å². The molecule has 0 aliphatic heterocycles. The summed E-state index contributed by atoms with van der Waals surface area (Å²) in [5.74, 6) is -4.82. The molecule has 5 amide bonds. The van der Waals surface area contributed by atoms with E-state index in [4.69, 9.17) is 9.47 Å². The minimum atomic E-state index is -1.25. The van der Waals surface area contributed by atoms with E-state index in [2.05, 4.69) is 26.6 Å². The van der Waals surface area contributed by atoms with Crippen LogP contribution in [0.3, 0.4) is 0 Å². The molecule has 57 heavy (non-hydrogen) atoms. The van der Waals surface area contributed by atoms with Gasteiger partial charge >= 0.3 is 12.1 Å². The molecule has 3 rings (SSSR count). The van der Waals surface area contributed by atoms with Crippen molar-refractivity contribution in [3.05, 3.63) is 108 Å². The second-order valence-corrected chi connectivity index (χ2v) is 15.9. The van der Waals surface area contributed by atoms with Crippen LogP contribution >= 0.6 is 0 Å². The number of carbonyl (C=O) groups is 6. The highest BCUT2D eigenvalue weighted by atomic mass is 16.6. The fourth-order valence-electron chi connectivity index (χ4n) is 5.77. The quantitative estimate of drug-likeness (QED) is 0.0642. The Bertz CT molecular complexity index is 1760. The fourth-order valence-corrected chi connectivity index (χ4v) is 5.77. The zero-order valence-corrected chi connectivity index (χ0v) is 34.3. The molecule has 3 aromatic rings. The maximum atomic E-state index is 14.0. The number of rotatable bonds is 19. The molecule has 13 nitrogen and oxygen atoms in total. The summed E-state index contributed by atoms with van der Waals surface area (Å²) < 4.78 is 10.9. The van der Waals surface area contributed by atoms with Crippen molar-refractivity contribution >= 4 is 35.7 Å². The van der Waals surface area contributed by atoms with Crippen molar-refractivity contribution in [2.45, 2.75) is 111 Å². The molecule has 308 valence electrons. The average molecular weight is 786 g/mol. The summed E-state index contributed by atoms with van der Waals surface area (Å²) in [6.07, 6.45) is -1.20. The van der Waals surface area contributed by atoms with Gasteiger partial charge in [0.2, 0.25) is 23.6 Å². The molecule has 1 unspecified atom stereocenters. The molecule has 0 saturated heterocycles. The van der Waals surface area contributed by atoms with E-state index in [1.54, 1.807) is 34.6 Å². The van der Waals surface area contributed by atoms with Crippen LogP contribution in [0, 0.1) is 17.8 Å². The highest BCUT2D eigenvalue weighted by Crippen LogP contribution is 2.13. The Morgan fingerprint density at radius 3 is 1.56 bits per heavy atom. The number of ether oxygens (including phenoxy) is 2. The monoisotopic (exact) mass is 785 g/mol. The number of carbonyl (C=O) groups excluding carboxylic acids is 6. The predicted octanol–water partition coefficient (Wildman–Crippen LogP) is 4.97. The summed E-state index contributed by atoms with van der Waals surface area (Å²) in [7, 11) is 0. The first-order valence-electron chi connectivity index (χ1n) is 19.4. The third-order valence-corrected chi connectivity index (χ3v) is 8.77. The molecule has 0 radical (unpaired) electrons. The van der Waals surface area contributed by atoms with Gasteiger partial charge in [-0.15, -0.1) is 0 Å². The zero-order valence-electron chi connectivity index (χ0n) is 34.3. The van der Waals surface area contributed by atoms with Crippen molar-refractivity contribution < 1.29 is 38.2 Å². The molecule has 0 aliphatic rings. The molecule has 0 fully saturated rings. The van der Waals surface area contributed by atoms with Gasteiger partial charge < -0.3 is 36.1 Å². The zero-order chi connectivity index (χ0) is 42.1. The summed E-state index contributed by atoms with van der Waals surface area (Å²) in [5.41, 5.74) is 1.55. The first-order valence-corrected chi connectivity index (χ1v) is 19.4. The number of esters is 1. The van der Waals surface area contributed by atoms with Gasteiger partial charge in [-0.25, -0.2) is 9.59 Å². The Labute approximate surface area is 336 Å². The Morgan fingerprint density at radius 1 is 0.561 bits per heavy atom. The van der Waals surface area contributed by atoms with E-state index in [0.717, 1.165) is 16.7 Å². The van der Waals surface area contributed by atoms with Crippen LogP contribution in [0.1, 0.15) is 78.5 Å². The summed E-state index contributed by atoms with van der Waals surface area (Å²) in [6, 6.07) is 24.3. The molecule has 13 heteroatoms. The SMILES string of the molecule is CC(C)C[C@H](NC(=O)C(C)C(=O)N[C@H](Cc1ccccc1)NC(=O)[C@@H](NC(=O)[C@H](Cc1ccccc1)NC(=O)OC(C)(C)C)C(C)C)C(=O)OCc1ccccc1. The van der Waals surface area contributed by atoms with Crippen LogP contribution in [-0.4, -0.2) is 65.6 Å². The van der Waals surface area contributed by atoms with Gasteiger partial charge in [0.05, 0.1) is 0 Å². The van der Waals surface area contributed by atoms with Crippen LogP contribution in [-0.2, 0) is 52.9 Å². The third kappa shape index (κ3) is 16.5. The summed E-state index contributed by atoms with van der Waals surface area (Å²) in [4.78, 5) is 80.7.